The Morgan fingerprint density at radius 3 is 2.79 bits per heavy atom. The summed E-state index contributed by atoms with van der Waals surface area (Å²) in [6, 6.07) is 9.16. The van der Waals surface area contributed by atoms with Crippen LogP contribution in [0.25, 0.3) is 0 Å². The second-order valence-corrected chi connectivity index (χ2v) is 7.37. The topological polar surface area (TPSA) is 64.4 Å². The summed E-state index contributed by atoms with van der Waals surface area (Å²) in [7, 11) is 0. The van der Waals surface area contributed by atoms with E-state index in [2.05, 4.69) is 21.2 Å². The Morgan fingerprint density at radius 1 is 1.33 bits per heavy atom. The maximum absolute atomic E-state index is 13.2. The van der Waals surface area contributed by atoms with Gasteiger partial charge in [-0.25, -0.2) is 4.39 Å². The minimum Gasteiger partial charge on any atom is -0.487 e. The summed E-state index contributed by atoms with van der Waals surface area (Å²) in [6.45, 7) is 3.94. The Balaban J connectivity index is 1.91. The van der Waals surface area contributed by atoms with Crippen LogP contribution in [0.15, 0.2) is 40.9 Å². The lowest BCUT2D eigenvalue weighted by atomic mass is 9.89. The van der Waals surface area contributed by atoms with Crippen molar-refractivity contribution in [1.29, 1.82) is 0 Å². The van der Waals surface area contributed by atoms with Crippen LogP contribution in [-0.4, -0.2) is 11.5 Å². The van der Waals surface area contributed by atoms with Crippen LogP contribution in [0.2, 0.25) is 0 Å². The Kier molecular flexibility index (Phi) is 4.25. The largest absolute Gasteiger partial charge is 0.487 e. The number of anilines is 1. The lowest BCUT2D eigenvalue weighted by molar-refractivity contribution is 0.0620. The predicted molar refractivity (Wildman–Crippen MR) is 94.5 cm³/mol. The highest BCUT2D eigenvalue weighted by Crippen LogP contribution is 2.40. The monoisotopic (exact) mass is 392 g/mol. The highest BCUT2D eigenvalue weighted by Gasteiger charge is 2.35. The molecule has 0 aromatic heterocycles. The van der Waals surface area contributed by atoms with Crippen molar-refractivity contribution in [1.82, 2.24) is 5.32 Å². The van der Waals surface area contributed by atoms with E-state index in [1.54, 1.807) is 6.07 Å². The number of fused-ring (bicyclic) bond motifs is 1. The average molecular weight is 393 g/mol. The van der Waals surface area contributed by atoms with Crippen molar-refractivity contribution in [3.05, 3.63) is 57.8 Å². The zero-order valence-corrected chi connectivity index (χ0v) is 15.0. The van der Waals surface area contributed by atoms with Gasteiger partial charge in [0.2, 0.25) is 0 Å². The van der Waals surface area contributed by atoms with E-state index in [1.807, 2.05) is 26.0 Å². The summed E-state index contributed by atoms with van der Waals surface area (Å²) in [5, 5.41) is 3.01. The first-order chi connectivity index (χ1) is 11.2. The Morgan fingerprint density at radius 2 is 2.08 bits per heavy atom. The lowest BCUT2D eigenvalue weighted by Crippen LogP contribution is -2.41. The third kappa shape index (κ3) is 3.38. The summed E-state index contributed by atoms with van der Waals surface area (Å²) >= 11 is 3.23. The summed E-state index contributed by atoms with van der Waals surface area (Å²) in [4.78, 5) is 12.6. The van der Waals surface area contributed by atoms with Gasteiger partial charge in [-0.05, 0) is 66.2 Å². The van der Waals surface area contributed by atoms with Gasteiger partial charge in [-0.2, -0.15) is 0 Å². The van der Waals surface area contributed by atoms with Crippen LogP contribution in [0.1, 0.15) is 42.2 Å². The normalized spacial score (nSPS) is 18.4. The van der Waals surface area contributed by atoms with Crippen molar-refractivity contribution in [2.24, 2.45) is 0 Å². The highest BCUT2D eigenvalue weighted by atomic mass is 79.9. The Bertz CT molecular complexity index is 808. The van der Waals surface area contributed by atoms with Crippen LogP contribution in [0.3, 0.4) is 0 Å². The number of hydrogen-bond donors (Lipinski definition) is 2. The number of benzene rings is 2. The first-order valence-corrected chi connectivity index (χ1v) is 8.39. The fourth-order valence-electron chi connectivity index (χ4n) is 2.91. The number of amides is 1. The van der Waals surface area contributed by atoms with Crippen LogP contribution in [-0.2, 0) is 0 Å². The fourth-order valence-corrected chi connectivity index (χ4v) is 3.44. The maximum Gasteiger partial charge on any atom is 0.252 e. The van der Waals surface area contributed by atoms with Crippen molar-refractivity contribution in [3.63, 3.8) is 0 Å². The molecular formula is C18H18BrFN2O2. The minimum absolute atomic E-state index is 0.239. The van der Waals surface area contributed by atoms with Crippen molar-refractivity contribution in [3.8, 4) is 5.75 Å². The number of nitrogens with two attached hydrogens (primary N) is 1. The van der Waals surface area contributed by atoms with Crippen LogP contribution in [0, 0.1) is 5.82 Å². The number of rotatable bonds is 2. The van der Waals surface area contributed by atoms with Gasteiger partial charge in [0.15, 0.2) is 0 Å². The quantitative estimate of drug-likeness (QED) is 0.752. The minimum atomic E-state index is -0.416. The Labute approximate surface area is 148 Å². The summed E-state index contributed by atoms with van der Waals surface area (Å²) in [6.07, 6.45) is 0.605. The number of nitrogens with one attached hydrogen (secondary N) is 1. The van der Waals surface area contributed by atoms with Gasteiger partial charge >= 0.3 is 0 Å². The van der Waals surface area contributed by atoms with Gasteiger partial charge in [-0.3, -0.25) is 4.79 Å². The standard InChI is InChI=1S/C18H18BrFN2O2/c1-18(2)9-15(13-8-11(21)4-6-16(13)24-18)22-17(23)12-5-3-10(20)7-14(12)19/h3-8,15H,9,21H2,1-2H3,(H,22,23). The number of halogens is 2. The molecular weight excluding hydrogens is 375 g/mol. The van der Waals surface area contributed by atoms with E-state index in [1.165, 1.54) is 18.2 Å². The van der Waals surface area contributed by atoms with Crippen LogP contribution < -0.4 is 15.8 Å². The summed E-state index contributed by atoms with van der Waals surface area (Å²) in [5.74, 6) is 0.0330. The van der Waals surface area contributed by atoms with E-state index < -0.39 is 11.4 Å². The first kappa shape index (κ1) is 16.8. The summed E-state index contributed by atoms with van der Waals surface area (Å²) < 4.78 is 19.6. The van der Waals surface area contributed by atoms with Crippen molar-refractivity contribution < 1.29 is 13.9 Å². The molecule has 0 bridgehead atoms. The van der Waals surface area contributed by atoms with Gasteiger partial charge in [-0.1, -0.05) is 0 Å². The molecule has 0 radical (unpaired) electrons. The fraction of sp³-hybridized carbons (Fsp3) is 0.278. The van der Waals surface area contributed by atoms with Crippen LogP contribution >= 0.6 is 15.9 Å². The zero-order valence-electron chi connectivity index (χ0n) is 13.4. The van der Waals surface area contributed by atoms with Crippen LogP contribution in [0.5, 0.6) is 5.75 Å². The van der Waals surface area contributed by atoms with Gasteiger partial charge < -0.3 is 15.8 Å². The number of ether oxygens (including phenoxy) is 1. The average Bonchev–Trinajstić information content (AvgIpc) is 2.47. The van der Waals surface area contributed by atoms with Crippen molar-refractivity contribution in [2.75, 3.05) is 5.73 Å². The molecule has 0 saturated carbocycles. The summed E-state index contributed by atoms with van der Waals surface area (Å²) in [5.41, 5.74) is 7.30. The second kappa shape index (κ2) is 6.09. The van der Waals surface area contributed by atoms with E-state index in [0.717, 1.165) is 5.56 Å². The molecule has 0 spiro atoms. The molecule has 2 aromatic carbocycles. The molecule has 1 amide bonds. The highest BCUT2D eigenvalue weighted by molar-refractivity contribution is 9.10. The first-order valence-electron chi connectivity index (χ1n) is 7.59. The smallest absolute Gasteiger partial charge is 0.252 e. The number of nitrogen functional groups attached to an aromatic ring is 1. The molecule has 6 heteroatoms. The molecule has 3 N–H and O–H groups in total. The number of carbonyl (C=O) groups excluding carboxylic acids is 1. The molecule has 0 fully saturated rings. The number of carbonyl (C=O) groups is 1. The van der Waals surface area contributed by atoms with E-state index in [0.29, 0.717) is 27.9 Å². The second-order valence-electron chi connectivity index (χ2n) is 6.51. The Hall–Kier alpha value is -2.08. The molecule has 3 rings (SSSR count). The third-order valence-electron chi connectivity index (χ3n) is 3.97. The SMILES string of the molecule is CC1(C)CC(NC(=O)c2ccc(F)cc2Br)c2cc(N)ccc2O1. The van der Waals surface area contributed by atoms with Crippen LogP contribution in [0.4, 0.5) is 10.1 Å². The van der Waals surface area contributed by atoms with Gasteiger partial charge in [0, 0.05) is 22.1 Å². The van der Waals surface area contributed by atoms with E-state index in [-0.39, 0.29) is 11.9 Å². The third-order valence-corrected chi connectivity index (χ3v) is 4.63. The molecule has 2 aromatic rings. The predicted octanol–water partition coefficient (Wildman–Crippen LogP) is 4.20. The van der Waals surface area contributed by atoms with E-state index in [4.69, 9.17) is 10.5 Å². The van der Waals surface area contributed by atoms with Gasteiger partial charge in [0.1, 0.15) is 17.2 Å². The number of hydrogen-bond acceptors (Lipinski definition) is 3. The molecule has 1 aliphatic rings. The molecule has 0 saturated heterocycles. The van der Waals surface area contributed by atoms with E-state index in [9.17, 15) is 9.18 Å². The lowest BCUT2D eigenvalue weighted by Gasteiger charge is -2.38. The molecule has 4 nitrogen and oxygen atoms in total. The van der Waals surface area contributed by atoms with Crippen molar-refractivity contribution in [2.45, 2.75) is 31.9 Å². The molecule has 1 aliphatic heterocycles. The molecule has 1 heterocycles. The molecule has 126 valence electrons. The molecule has 1 atom stereocenters. The van der Waals surface area contributed by atoms with Gasteiger partial charge in [-0.15, -0.1) is 0 Å². The zero-order chi connectivity index (χ0) is 17.5. The van der Waals surface area contributed by atoms with Crippen molar-refractivity contribution >= 4 is 27.5 Å². The molecule has 0 aliphatic carbocycles. The maximum atomic E-state index is 13.2. The molecule has 24 heavy (non-hydrogen) atoms. The van der Waals surface area contributed by atoms with Gasteiger partial charge in [0.05, 0.1) is 11.6 Å². The van der Waals surface area contributed by atoms with Gasteiger partial charge in [0.25, 0.3) is 5.91 Å². The van der Waals surface area contributed by atoms with E-state index >= 15 is 0 Å². The molecule has 1 unspecified atom stereocenters.